The third kappa shape index (κ3) is 5.89. The number of methoxy groups -OCH3 is 1. The molecular weight excluding hydrogens is 487 g/mol. The van der Waals surface area contributed by atoms with Crippen molar-refractivity contribution in [1.82, 2.24) is 0 Å². The number of thiophene rings is 1. The van der Waals surface area contributed by atoms with Crippen LogP contribution in [0.5, 0.6) is 11.5 Å². The number of benzene rings is 3. The zero-order valence-corrected chi connectivity index (χ0v) is 21.3. The van der Waals surface area contributed by atoms with Crippen LogP contribution in [0.3, 0.4) is 0 Å². The average Bonchev–Trinajstić information content (AvgIpc) is 3.31. The first-order valence-electron chi connectivity index (χ1n) is 12.2. The van der Waals surface area contributed by atoms with E-state index in [9.17, 15) is 9.18 Å². The molecule has 1 N–H and O–H groups in total. The highest BCUT2D eigenvalue weighted by molar-refractivity contribution is 7.16. The summed E-state index contributed by atoms with van der Waals surface area (Å²) in [4.78, 5) is 19.3. The van der Waals surface area contributed by atoms with Gasteiger partial charge < -0.3 is 14.8 Å². The van der Waals surface area contributed by atoms with Crippen molar-refractivity contribution in [2.45, 2.75) is 32.3 Å². The topological polar surface area (TPSA) is 59.9 Å². The van der Waals surface area contributed by atoms with Gasteiger partial charge in [-0.2, -0.15) is 0 Å². The van der Waals surface area contributed by atoms with Gasteiger partial charge in [0.1, 0.15) is 17.4 Å². The SMILES string of the molecule is COc1cc(C=Nc2sc3c(c2C(=O)Nc2ccccc2)CCCC3)ccc1OCc1ccc(F)cc1. The summed E-state index contributed by atoms with van der Waals surface area (Å²) in [6, 6.07) is 21.2. The van der Waals surface area contributed by atoms with E-state index >= 15 is 0 Å². The molecule has 0 fully saturated rings. The maximum atomic E-state index is 13.3. The lowest BCUT2D eigenvalue weighted by Crippen LogP contribution is -2.14. The number of aryl methyl sites for hydroxylation is 1. The fourth-order valence-electron chi connectivity index (χ4n) is 4.35. The van der Waals surface area contributed by atoms with Crippen LogP contribution in [0.15, 0.2) is 77.8 Å². The maximum Gasteiger partial charge on any atom is 0.259 e. The first-order valence-corrected chi connectivity index (χ1v) is 13.0. The normalized spacial score (nSPS) is 12.8. The summed E-state index contributed by atoms with van der Waals surface area (Å²) in [6.45, 7) is 0.296. The minimum absolute atomic E-state index is 0.125. The molecule has 3 aromatic carbocycles. The van der Waals surface area contributed by atoms with Gasteiger partial charge >= 0.3 is 0 Å². The van der Waals surface area contributed by atoms with Gasteiger partial charge in [0.2, 0.25) is 0 Å². The molecule has 0 saturated heterocycles. The smallest absolute Gasteiger partial charge is 0.259 e. The number of carbonyl (C=O) groups is 1. The van der Waals surface area contributed by atoms with E-state index in [2.05, 4.69) is 5.32 Å². The third-order valence-corrected chi connectivity index (χ3v) is 7.44. The fourth-order valence-corrected chi connectivity index (χ4v) is 5.58. The van der Waals surface area contributed by atoms with Crippen molar-refractivity contribution in [2.75, 3.05) is 12.4 Å². The van der Waals surface area contributed by atoms with Crippen molar-refractivity contribution in [3.63, 3.8) is 0 Å². The lowest BCUT2D eigenvalue weighted by Gasteiger charge is -2.13. The molecule has 1 aliphatic carbocycles. The van der Waals surface area contributed by atoms with Crippen LogP contribution in [0.4, 0.5) is 15.1 Å². The molecule has 5 nitrogen and oxygen atoms in total. The van der Waals surface area contributed by atoms with Crippen LogP contribution in [-0.4, -0.2) is 19.2 Å². The Bertz CT molecular complexity index is 1420. The Kier molecular flexibility index (Phi) is 7.61. The fraction of sp³-hybridized carbons (Fsp3) is 0.200. The molecule has 1 aromatic heterocycles. The number of anilines is 1. The number of amides is 1. The molecule has 1 aliphatic rings. The number of ether oxygens (including phenoxy) is 2. The molecule has 5 rings (SSSR count). The standard InChI is InChI=1S/C30H27FN2O3S/c1-35-26-17-21(13-16-25(26)36-19-20-11-14-22(31)15-12-20)18-32-30-28(24-9-5-6-10-27(24)37-30)29(34)33-23-7-3-2-4-8-23/h2-4,7-8,11-18H,5-6,9-10,19H2,1H3,(H,33,34). The summed E-state index contributed by atoms with van der Waals surface area (Å²) < 4.78 is 24.6. The van der Waals surface area contributed by atoms with Crippen molar-refractivity contribution >= 4 is 34.1 Å². The summed E-state index contributed by atoms with van der Waals surface area (Å²) in [5, 5.41) is 3.74. The Hall–Kier alpha value is -3.97. The van der Waals surface area contributed by atoms with Crippen molar-refractivity contribution in [3.05, 3.63) is 106 Å². The summed E-state index contributed by atoms with van der Waals surface area (Å²) in [6.07, 6.45) is 5.84. The third-order valence-electron chi connectivity index (χ3n) is 6.24. The van der Waals surface area contributed by atoms with Crippen LogP contribution < -0.4 is 14.8 Å². The van der Waals surface area contributed by atoms with E-state index in [1.165, 1.54) is 17.0 Å². The second-order valence-corrected chi connectivity index (χ2v) is 9.88. The molecule has 7 heteroatoms. The highest BCUT2D eigenvalue weighted by Gasteiger charge is 2.25. The van der Waals surface area contributed by atoms with Crippen molar-refractivity contribution in [3.8, 4) is 11.5 Å². The lowest BCUT2D eigenvalue weighted by molar-refractivity contribution is 0.102. The second-order valence-electron chi connectivity index (χ2n) is 8.79. The number of para-hydroxylation sites is 1. The van der Waals surface area contributed by atoms with Crippen molar-refractivity contribution in [2.24, 2.45) is 4.99 Å². The minimum Gasteiger partial charge on any atom is -0.493 e. The number of carbonyl (C=O) groups excluding carboxylic acids is 1. The van der Waals surface area contributed by atoms with E-state index in [1.807, 2.05) is 48.5 Å². The molecule has 4 aromatic rings. The van der Waals surface area contributed by atoms with Gasteiger partial charge in [-0.3, -0.25) is 4.79 Å². The predicted molar refractivity (Wildman–Crippen MR) is 146 cm³/mol. The van der Waals surface area contributed by atoms with Crippen LogP contribution in [0, 0.1) is 5.82 Å². The Morgan fingerprint density at radius 1 is 1.03 bits per heavy atom. The van der Waals surface area contributed by atoms with Crippen molar-refractivity contribution < 1.29 is 18.7 Å². The van der Waals surface area contributed by atoms with Gasteiger partial charge in [-0.1, -0.05) is 30.3 Å². The van der Waals surface area contributed by atoms with Crippen molar-refractivity contribution in [1.29, 1.82) is 0 Å². The number of aliphatic imine (C=N–C) groups is 1. The molecule has 0 spiro atoms. The maximum absolute atomic E-state index is 13.3. The number of fused-ring (bicyclic) bond motifs is 1. The molecule has 0 unspecified atom stereocenters. The molecule has 0 saturated carbocycles. The number of rotatable bonds is 8. The van der Waals surface area contributed by atoms with Gasteiger partial charge in [-0.15, -0.1) is 11.3 Å². The van der Waals surface area contributed by atoms with E-state index in [1.54, 1.807) is 36.8 Å². The summed E-state index contributed by atoms with van der Waals surface area (Å²) in [7, 11) is 1.58. The van der Waals surface area contributed by atoms with Crippen LogP contribution in [0.1, 0.15) is 44.8 Å². The molecule has 1 amide bonds. The molecule has 1 heterocycles. The highest BCUT2D eigenvalue weighted by atomic mass is 32.1. The van der Waals surface area contributed by atoms with E-state index in [0.29, 0.717) is 23.7 Å². The van der Waals surface area contributed by atoms with Gasteiger partial charge in [-0.05, 0) is 84.8 Å². The first kappa shape index (κ1) is 24.7. The van der Waals surface area contributed by atoms with Gasteiger partial charge in [0.25, 0.3) is 5.91 Å². The molecular formula is C30H27FN2O3S. The van der Waals surface area contributed by atoms with Crippen LogP contribution in [0.25, 0.3) is 0 Å². The van der Waals surface area contributed by atoms with Crippen LogP contribution >= 0.6 is 11.3 Å². The number of nitrogens with zero attached hydrogens (tertiary/aromatic N) is 1. The molecule has 0 atom stereocenters. The Morgan fingerprint density at radius 2 is 1.81 bits per heavy atom. The highest BCUT2D eigenvalue weighted by Crippen LogP contribution is 2.40. The number of hydrogen-bond donors (Lipinski definition) is 1. The summed E-state index contributed by atoms with van der Waals surface area (Å²) >= 11 is 1.60. The Balaban J connectivity index is 1.37. The van der Waals surface area contributed by atoms with E-state index in [-0.39, 0.29) is 11.7 Å². The summed E-state index contributed by atoms with van der Waals surface area (Å²) in [5.41, 5.74) is 4.24. The van der Waals surface area contributed by atoms with Gasteiger partial charge in [0.05, 0.1) is 12.7 Å². The zero-order valence-electron chi connectivity index (χ0n) is 20.5. The largest absolute Gasteiger partial charge is 0.493 e. The van der Waals surface area contributed by atoms with Crippen LogP contribution in [-0.2, 0) is 19.4 Å². The minimum atomic E-state index is -0.280. The predicted octanol–water partition coefficient (Wildman–Crippen LogP) is 7.36. The van der Waals surface area contributed by atoms with E-state index < -0.39 is 0 Å². The van der Waals surface area contributed by atoms with Gasteiger partial charge in [0.15, 0.2) is 11.5 Å². The van der Waals surface area contributed by atoms with Gasteiger partial charge in [0, 0.05) is 16.8 Å². The Morgan fingerprint density at radius 3 is 2.59 bits per heavy atom. The van der Waals surface area contributed by atoms with Gasteiger partial charge in [-0.25, -0.2) is 9.38 Å². The number of hydrogen-bond acceptors (Lipinski definition) is 5. The molecule has 37 heavy (non-hydrogen) atoms. The first-order chi connectivity index (χ1) is 18.1. The quantitative estimate of drug-likeness (QED) is 0.250. The number of halogens is 1. The molecule has 0 aliphatic heterocycles. The molecule has 0 bridgehead atoms. The number of nitrogens with one attached hydrogen (secondary N) is 1. The monoisotopic (exact) mass is 514 g/mol. The van der Waals surface area contributed by atoms with E-state index in [4.69, 9.17) is 14.5 Å². The average molecular weight is 515 g/mol. The lowest BCUT2D eigenvalue weighted by atomic mass is 9.95. The van der Waals surface area contributed by atoms with Crippen LogP contribution in [0.2, 0.25) is 0 Å². The zero-order chi connectivity index (χ0) is 25.6. The second kappa shape index (κ2) is 11.4. The Labute approximate surface area is 219 Å². The van der Waals surface area contributed by atoms with E-state index in [0.717, 1.165) is 53.1 Å². The molecule has 188 valence electrons. The molecule has 0 radical (unpaired) electrons. The summed E-state index contributed by atoms with van der Waals surface area (Å²) in [5.74, 6) is 0.745.